The maximum Gasteiger partial charge on any atom is 0.105 e. The zero-order valence-electron chi connectivity index (χ0n) is 12.6. The first-order chi connectivity index (χ1) is 8.87. The summed E-state index contributed by atoms with van der Waals surface area (Å²) in [6.45, 7) is 8.47. The molecule has 108 valence electrons. The second-order valence-corrected chi connectivity index (χ2v) is 6.93. The summed E-state index contributed by atoms with van der Waals surface area (Å²) in [5, 5.41) is 10.2. The lowest BCUT2D eigenvalue weighted by atomic mass is 9.71. The fourth-order valence-corrected chi connectivity index (χ4v) is 3.24. The predicted molar refractivity (Wildman–Crippen MR) is 76.9 cm³/mol. The molecule has 2 unspecified atom stereocenters. The van der Waals surface area contributed by atoms with Gasteiger partial charge in [0.05, 0.1) is 12.4 Å². The van der Waals surface area contributed by atoms with Crippen molar-refractivity contribution < 1.29 is 9.52 Å². The van der Waals surface area contributed by atoms with Crippen molar-refractivity contribution >= 4 is 0 Å². The normalized spacial score (nSPS) is 26.8. The molecule has 1 aromatic heterocycles. The third kappa shape index (κ3) is 3.83. The Kier molecular flexibility index (Phi) is 4.36. The Hall–Kier alpha value is -0.800. The van der Waals surface area contributed by atoms with Crippen LogP contribution in [0, 0.1) is 18.3 Å². The van der Waals surface area contributed by atoms with Crippen LogP contribution in [0.2, 0.25) is 0 Å². The fraction of sp³-hybridized carbons (Fsp3) is 0.750. The number of furan rings is 1. The van der Waals surface area contributed by atoms with Crippen LogP contribution < -0.4 is 0 Å². The van der Waals surface area contributed by atoms with Gasteiger partial charge in [-0.2, -0.15) is 0 Å². The molecule has 0 spiro atoms. The van der Waals surface area contributed by atoms with E-state index in [1.165, 1.54) is 5.56 Å². The van der Waals surface area contributed by atoms with Crippen molar-refractivity contribution in [1.29, 1.82) is 0 Å². The second-order valence-electron chi connectivity index (χ2n) is 6.93. The summed E-state index contributed by atoms with van der Waals surface area (Å²) in [7, 11) is 2.13. The fourth-order valence-electron chi connectivity index (χ4n) is 3.24. The van der Waals surface area contributed by atoms with Gasteiger partial charge in [0, 0.05) is 18.7 Å². The van der Waals surface area contributed by atoms with Gasteiger partial charge in [0.15, 0.2) is 0 Å². The zero-order chi connectivity index (χ0) is 14.0. The highest BCUT2D eigenvalue weighted by Crippen LogP contribution is 2.39. The number of hydrogen-bond donors (Lipinski definition) is 1. The van der Waals surface area contributed by atoms with Crippen LogP contribution >= 0.6 is 0 Å². The first-order valence-electron chi connectivity index (χ1n) is 7.27. The Bertz CT molecular complexity index is 411. The molecule has 1 heterocycles. The molecule has 0 amide bonds. The summed E-state index contributed by atoms with van der Waals surface area (Å²) in [5.41, 5.74) is 1.61. The van der Waals surface area contributed by atoms with Crippen LogP contribution in [0.25, 0.3) is 0 Å². The molecule has 3 nitrogen and oxygen atoms in total. The molecule has 1 fully saturated rings. The smallest absolute Gasteiger partial charge is 0.105 e. The van der Waals surface area contributed by atoms with Gasteiger partial charge < -0.3 is 14.4 Å². The molecule has 1 aliphatic rings. The van der Waals surface area contributed by atoms with E-state index in [1.54, 1.807) is 6.26 Å². The van der Waals surface area contributed by atoms with Crippen LogP contribution in [0.1, 0.15) is 44.4 Å². The van der Waals surface area contributed by atoms with Crippen molar-refractivity contribution in [3.8, 4) is 0 Å². The van der Waals surface area contributed by atoms with Gasteiger partial charge in [0.2, 0.25) is 0 Å². The molecule has 0 saturated heterocycles. The van der Waals surface area contributed by atoms with Crippen LogP contribution in [-0.4, -0.2) is 29.7 Å². The SMILES string of the molecule is Cc1occc1CN(C)CC1CC(C)(C)CCC1O. The Balaban J connectivity index is 1.90. The average Bonchev–Trinajstić information content (AvgIpc) is 2.69. The molecule has 0 bridgehead atoms. The second kappa shape index (κ2) is 5.68. The van der Waals surface area contributed by atoms with Gasteiger partial charge in [-0.25, -0.2) is 0 Å². The Labute approximate surface area is 116 Å². The molecule has 1 aliphatic carbocycles. The van der Waals surface area contributed by atoms with Crippen molar-refractivity contribution in [3.05, 3.63) is 23.7 Å². The van der Waals surface area contributed by atoms with E-state index in [4.69, 9.17) is 4.42 Å². The predicted octanol–water partition coefficient (Wildman–Crippen LogP) is 3.21. The average molecular weight is 265 g/mol. The molecule has 2 atom stereocenters. The highest BCUT2D eigenvalue weighted by atomic mass is 16.3. The number of aryl methyl sites for hydroxylation is 1. The van der Waals surface area contributed by atoms with Crippen LogP contribution in [0.5, 0.6) is 0 Å². The molecule has 1 saturated carbocycles. The van der Waals surface area contributed by atoms with Gasteiger partial charge in [-0.05, 0) is 50.6 Å². The van der Waals surface area contributed by atoms with Crippen LogP contribution in [-0.2, 0) is 6.54 Å². The van der Waals surface area contributed by atoms with Crippen LogP contribution in [0.3, 0.4) is 0 Å². The standard InChI is InChI=1S/C16H27NO2/c1-12-13(6-8-19-12)10-17(4)11-14-9-16(2,3)7-5-15(14)18/h6,8,14-15,18H,5,7,9-11H2,1-4H3. The highest BCUT2D eigenvalue weighted by Gasteiger charge is 2.34. The molecule has 0 aromatic carbocycles. The Morgan fingerprint density at radius 1 is 1.47 bits per heavy atom. The summed E-state index contributed by atoms with van der Waals surface area (Å²) >= 11 is 0. The third-order valence-electron chi connectivity index (χ3n) is 4.43. The lowest BCUT2D eigenvalue weighted by molar-refractivity contribution is 0.00669. The van der Waals surface area contributed by atoms with Gasteiger partial charge in [-0.1, -0.05) is 13.8 Å². The lowest BCUT2D eigenvalue weighted by Crippen LogP contribution is -2.39. The quantitative estimate of drug-likeness (QED) is 0.908. The topological polar surface area (TPSA) is 36.6 Å². The number of nitrogens with zero attached hydrogens (tertiary/aromatic N) is 1. The summed E-state index contributed by atoms with van der Waals surface area (Å²) in [4.78, 5) is 2.30. The van der Waals surface area contributed by atoms with Crippen LogP contribution in [0.15, 0.2) is 16.7 Å². The largest absolute Gasteiger partial charge is 0.469 e. The summed E-state index contributed by atoms with van der Waals surface area (Å²) in [5.74, 6) is 1.39. The van der Waals surface area contributed by atoms with Crippen molar-refractivity contribution in [3.63, 3.8) is 0 Å². The van der Waals surface area contributed by atoms with Crippen molar-refractivity contribution in [1.82, 2.24) is 4.90 Å². The third-order valence-corrected chi connectivity index (χ3v) is 4.43. The minimum absolute atomic E-state index is 0.138. The van der Waals surface area contributed by atoms with E-state index < -0.39 is 0 Å². The van der Waals surface area contributed by atoms with E-state index in [9.17, 15) is 5.11 Å². The molecular formula is C16H27NO2. The Morgan fingerprint density at radius 2 is 2.21 bits per heavy atom. The van der Waals surface area contributed by atoms with Gasteiger partial charge in [0.1, 0.15) is 5.76 Å². The molecule has 0 aliphatic heterocycles. The Morgan fingerprint density at radius 3 is 2.84 bits per heavy atom. The van der Waals surface area contributed by atoms with Crippen molar-refractivity contribution in [2.75, 3.05) is 13.6 Å². The number of hydrogen-bond acceptors (Lipinski definition) is 3. The van der Waals surface area contributed by atoms with Gasteiger partial charge in [0.25, 0.3) is 0 Å². The highest BCUT2D eigenvalue weighted by molar-refractivity contribution is 5.15. The molecule has 2 rings (SSSR count). The van der Waals surface area contributed by atoms with Crippen LogP contribution in [0.4, 0.5) is 0 Å². The number of aliphatic hydroxyl groups is 1. The zero-order valence-corrected chi connectivity index (χ0v) is 12.6. The van der Waals surface area contributed by atoms with E-state index >= 15 is 0 Å². The first-order valence-corrected chi connectivity index (χ1v) is 7.27. The van der Waals surface area contributed by atoms with E-state index in [0.29, 0.717) is 11.3 Å². The van der Waals surface area contributed by atoms with Crippen molar-refractivity contribution in [2.45, 2.75) is 52.7 Å². The van der Waals surface area contributed by atoms with Gasteiger partial charge >= 0.3 is 0 Å². The molecular weight excluding hydrogens is 238 g/mol. The molecule has 19 heavy (non-hydrogen) atoms. The monoisotopic (exact) mass is 265 g/mol. The van der Waals surface area contributed by atoms with E-state index in [2.05, 4.69) is 25.8 Å². The molecule has 3 heteroatoms. The minimum Gasteiger partial charge on any atom is -0.469 e. The summed E-state index contributed by atoms with van der Waals surface area (Å²) in [6, 6.07) is 2.03. The maximum absolute atomic E-state index is 10.2. The number of aliphatic hydroxyl groups excluding tert-OH is 1. The van der Waals surface area contributed by atoms with E-state index in [1.807, 2.05) is 13.0 Å². The molecule has 0 radical (unpaired) electrons. The lowest BCUT2D eigenvalue weighted by Gasteiger charge is -2.40. The summed E-state index contributed by atoms with van der Waals surface area (Å²) < 4.78 is 5.33. The maximum atomic E-state index is 10.2. The van der Waals surface area contributed by atoms with Gasteiger partial charge in [-0.15, -0.1) is 0 Å². The molecule has 1 aromatic rings. The van der Waals surface area contributed by atoms with Crippen molar-refractivity contribution in [2.24, 2.45) is 11.3 Å². The minimum atomic E-state index is -0.138. The summed E-state index contributed by atoms with van der Waals surface area (Å²) in [6.07, 6.45) is 4.80. The molecule has 1 N–H and O–H groups in total. The number of rotatable bonds is 4. The van der Waals surface area contributed by atoms with E-state index in [-0.39, 0.29) is 6.10 Å². The first kappa shape index (κ1) is 14.6. The van der Waals surface area contributed by atoms with E-state index in [0.717, 1.165) is 38.1 Å². The van der Waals surface area contributed by atoms with Gasteiger partial charge in [-0.3, -0.25) is 0 Å².